The van der Waals surface area contributed by atoms with Crippen molar-refractivity contribution in [2.45, 2.75) is 13.3 Å². The van der Waals surface area contributed by atoms with E-state index in [0.29, 0.717) is 0 Å². The monoisotopic (exact) mass is 164 g/mol. The van der Waals surface area contributed by atoms with E-state index in [9.17, 15) is 8.76 Å². The molecule has 0 saturated carbocycles. The lowest BCUT2D eigenvalue weighted by atomic mass is 10.5. The van der Waals surface area contributed by atoms with Gasteiger partial charge in [-0.2, -0.15) is 4.20 Å². The van der Waals surface area contributed by atoms with Gasteiger partial charge in [0.25, 0.3) is 0 Å². The van der Waals surface area contributed by atoms with E-state index in [-0.39, 0.29) is 19.2 Å². The van der Waals surface area contributed by atoms with E-state index in [2.05, 4.69) is 10.4 Å². The van der Waals surface area contributed by atoms with Crippen molar-refractivity contribution in [2.24, 2.45) is 0 Å². The first-order chi connectivity index (χ1) is 4.62. The van der Waals surface area contributed by atoms with Crippen molar-refractivity contribution in [3.63, 3.8) is 0 Å². The maximum Gasteiger partial charge on any atom is 0.368 e. The molecule has 0 spiro atoms. The number of terminal acetylenes is 1. The molecule has 0 fully saturated rings. The van der Waals surface area contributed by atoms with Crippen LogP contribution < -0.4 is 0 Å². The van der Waals surface area contributed by atoms with Gasteiger partial charge in [-0.15, -0.1) is 12.3 Å². The summed E-state index contributed by atoms with van der Waals surface area (Å²) in [6.07, 6.45) is 4.83. The Balaban J connectivity index is 3.67. The van der Waals surface area contributed by atoms with E-state index in [1.165, 1.54) is 0 Å². The minimum Gasteiger partial charge on any atom is -0.306 e. The van der Waals surface area contributed by atoms with Crippen LogP contribution in [0, 0.1) is 12.3 Å². The normalized spacial score (nSPS) is 15.7. The molecule has 0 amide bonds. The molecule has 0 bridgehead atoms. The Hall–Kier alpha value is -0.320. The van der Waals surface area contributed by atoms with Crippen LogP contribution in [0.4, 0.5) is 4.20 Å². The van der Waals surface area contributed by atoms with Crippen LogP contribution in [0.2, 0.25) is 0 Å². The second-order valence-electron chi connectivity index (χ2n) is 1.69. The van der Waals surface area contributed by atoms with Gasteiger partial charge in [-0.3, -0.25) is 4.57 Å². The topological polar surface area (TPSA) is 26.3 Å². The lowest BCUT2D eigenvalue weighted by molar-refractivity contribution is 0.304. The van der Waals surface area contributed by atoms with E-state index < -0.39 is 7.68 Å². The highest BCUT2D eigenvalue weighted by Gasteiger charge is 2.19. The summed E-state index contributed by atoms with van der Waals surface area (Å²) in [5, 5.41) is 0. The first kappa shape index (κ1) is 9.68. The number of hydrogen-bond donors (Lipinski definition) is 0. The minimum atomic E-state index is -3.85. The molecule has 0 aromatic heterocycles. The van der Waals surface area contributed by atoms with Crippen molar-refractivity contribution in [3.05, 3.63) is 0 Å². The van der Waals surface area contributed by atoms with Gasteiger partial charge in [0.2, 0.25) is 0 Å². The zero-order valence-electron chi connectivity index (χ0n) is 5.84. The van der Waals surface area contributed by atoms with Gasteiger partial charge in [-0.1, -0.05) is 0 Å². The molecular weight excluding hydrogens is 154 g/mol. The quantitative estimate of drug-likeness (QED) is 0.470. The van der Waals surface area contributed by atoms with E-state index in [1.807, 2.05) is 0 Å². The molecule has 0 aromatic rings. The zero-order chi connectivity index (χ0) is 8.04. The Kier molecular flexibility index (Phi) is 4.34. The summed E-state index contributed by atoms with van der Waals surface area (Å²) < 4.78 is 27.4. The van der Waals surface area contributed by atoms with Crippen molar-refractivity contribution >= 4 is 7.68 Å². The highest BCUT2D eigenvalue weighted by Crippen LogP contribution is 2.48. The second kappa shape index (κ2) is 4.49. The largest absolute Gasteiger partial charge is 0.368 e. The molecule has 58 valence electrons. The van der Waals surface area contributed by atoms with Gasteiger partial charge in [-0.05, 0) is 6.92 Å². The number of rotatable bonds is 4. The summed E-state index contributed by atoms with van der Waals surface area (Å²) in [4.78, 5) is 0. The van der Waals surface area contributed by atoms with Crippen molar-refractivity contribution in [1.82, 2.24) is 0 Å². The molecule has 1 atom stereocenters. The van der Waals surface area contributed by atoms with Crippen LogP contribution in [0.5, 0.6) is 0 Å². The fourth-order valence-corrected chi connectivity index (χ4v) is 1.37. The molecule has 0 radical (unpaired) electrons. The standard InChI is InChI=1S/C6H10FO2P/c1-3-5-6-10(7,8)9-4-2/h1H,4-6H2,2H3. The third-order valence-corrected chi connectivity index (χ3v) is 2.25. The average molecular weight is 164 g/mol. The van der Waals surface area contributed by atoms with E-state index >= 15 is 0 Å². The number of halogens is 1. The molecule has 4 heteroatoms. The summed E-state index contributed by atoms with van der Waals surface area (Å²) in [6.45, 7) is 1.71. The van der Waals surface area contributed by atoms with Crippen LogP contribution in [-0.4, -0.2) is 12.8 Å². The highest BCUT2D eigenvalue weighted by atomic mass is 31.2. The molecule has 0 rings (SSSR count). The van der Waals surface area contributed by atoms with Gasteiger partial charge in [0.05, 0.1) is 12.8 Å². The molecule has 0 N–H and O–H groups in total. The van der Waals surface area contributed by atoms with E-state index in [4.69, 9.17) is 6.42 Å². The maximum absolute atomic E-state index is 12.5. The van der Waals surface area contributed by atoms with Crippen LogP contribution in [0.3, 0.4) is 0 Å². The van der Waals surface area contributed by atoms with Crippen LogP contribution >= 0.6 is 7.68 Å². The lowest BCUT2D eigenvalue weighted by Gasteiger charge is -2.04. The molecular formula is C6H10FO2P. The summed E-state index contributed by atoms with van der Waals surface area (Å²) in [5.41, 5.74) is 0. The first-order valence-corrected chi connectivity index (χ1v) is 4.69. The Morgan fingerprint density at radius 1 is 1.80 bits per heavy atom. The van der Waals surface area contributed by atoms with Gasteiger partial charge < -0.3 is 4.52 Å². The van der Waals surface area contributed by atoms with Gasteiger partial charge in [-0.25, -0.2) is 0 Å². The van der Waals surface area contributed by atoms with Crippen molar-refractivity contribution in [1.29, 1.82) is 0 Å². The number of hydrogen-bond acceptors (Lipinski definition) is 2. The zero-order valence-corrected chi connectivity index (χ0v) is 6.73. The SMILES string of the molecule is C#CCCP(=O)(F)OCC. The van der Waals surface area contributed by atoms with E-state index in [0.717, 1.165) is 0 Å². The van der Waals surface area contributed by atoms with Crippen LogP contribution in [0.25, 0.3) is 0 Å². The predicted molar refractivity (Wildman–Crippen MR) is 38.7 cm³/mol. The van der Waals surface area contributed by atoms with Gasteiger partial charge in [0.1, 0.15) is 0 Å². The predicted octanol–water partition coefficient (Wildman–Crippen LogP) is 2.21. The minimum absolute atomic E-state index is 0.123. The van der Waals surface area contributed by atoms with Crippen LogP contribution in [0.1, 0.15) is 13.3 Å². The first-order valence-electron chi connectivity index (χ1n) is 2.99. The molecule has 0 aliphatic heterocycles. The Labute approximate surface area is 60.3 Å². The highest BCUT2D eigenvalue weighted by molar-refractivity contribution is 7.53. The van der Waals surface area contributed by atoms with Crippen LogP contribution in [-0.2, 0) is 9.09 Å². The average Bonchev–Trinajstić information content (AvgIpc) is 1.84. The molecule has 2 nitrogen and oxygen atoms in total. The molecule has 0 heterocycles. The molecule has 0 saturated heterocycles. The van der Waals surface area contributed by atoms with Gasteiger partial charge >= 0.3 is 7.68 Å². The summed E-state index contributed by atoms with van der Waals surface area (Å²) >= 11 is 0. The third-order valence-electron chi connectivity index (χ3n) is 0.845. The summed E-state index contributed by atoms with van der Waals surface area (Å²) in [6, 6.07) is 0. The van der Waals surface area contributed by atoms with Gasteiger partial charge in [0.15, 0.2) is 0 Å². The molecule has 1 unspecified atom stereocenters. The summed E-state index contributed by atoms with van der Waals surface area (Å²) in [5.74, 6) is 2.19. The molecule has 0 aliphatic carbocycles. The van der Waals surface area contributed by atoms with Gasteiger partial charge in [0, 0.05) is 6.42 Å². The van der Waals surface area contributed by atoms with Crippen molar-refractivity contribution in [2.75, 3.05) is 12.8 Å². The van der Waals surface area contributed by atoms with E-state index in [1.54, 1.807) is 6.92 Å². The van der Waals surface area contributed by atoms with Crippen molar-refractivity contribution in [3.8, 4) is 12.3 Å². The fraction of sp³-hybridized carbons (Fsp3) is 0.667. The fourth-order valence-electron chi connectivity index (χ4n) is 0.455. The van der Waals surface area contributed by atoms with Crippen molar-refractivity contribution < 1.29 is 13.3 Å². The molecule has 0 aromatic carbocycles. The Bertz CT molecular complexity index is 173. The Morgan fingerprint density at radius 3 is 2.80 bits per heavy atom. The molecule has 0 aliphatic rings. The maximum atomic E-state index is 12.5. The molecule has 10 heavy (non-hydrogen) atoms. The third kappa shape index (κ3) is 4.55. The second-order valence-corrected chi connectivity index (χ2v) is 3.57. The van der Waals surface area contributed by atoms with Crippen LogP contribution in [0.15, 0.2) is 0 Å². The smallest absolute Gasteiger partial charge is 0.306 e. The lowest BCUT2D eigenvalue weighted by Crippen LogP contribution is -1.89. The Morgan fingerprint density at radius 2 is 2.40 bits per heavy atom. The summed E-state index contributed by atoms with van der Waals surface area (Å²) in [7, 11) is -3.85.